The summed E-state index contributed by atoms with van der Waals surface area (Å²) in [7, 11) is -4.68. The van der Waals surface area contributed by atoms with Crippen LogP contribution in [0.1, 0.15) is 68.2 Å². The van der Waals surface area contributed by atoms with Crippen molar-refractivity contribution in [3.63, 3.8) is 0 Å². The van der Waals surface area contributed by atoms with E-state index >= 15 is 0 Å². The van der Waals surface area contributed by atoms with Crippen LogP contribution in [0.15, 0.2) is 0 Å². The molecule has 0 aromatic carbocycles. The van der Waals surface area contributed by atoms with Gasteiger partial charge in [-0.25, -0.2) is 0 Å². The fraction of sp³-hybridized carbons (Fsp3) is 0.875. The Labute approximate surface area is 206 Å². The van der Waals surface area contributed by atoms with Crippen LogP contribution in [0.2, 0.25) is 36.3 Å². The molecule has 3 unspecified atom stereocenters. The summed E-state index contributed by atoms with van der Waals surface area (Å²) in [5.41, 5.74) is 0. The summed E-state index contributed by atoms with van der Waals surface area (Å²) in [6.45, 7) is 23.8. The quantitative estimate of drug-likeness (QED) is 0.362. The van der Waals surface area contributed by atoms with E-state index in [1.165, 1.54) is 13.8 Å². The van der Waals surface area contributed by atoms with Crippen LogP contribution in [0.25, 0.3) is 0 Å². The second-order valence-electron chi connectivity index (χ2n) is 12.7. The van der Waals surface area contributed by atoms with Gasteiger partial charge in [-0.15, -0.1) is 0 Å². The third kappa shape index (κ3) is 5.76. The maximum absolute atomic E-state index is 12.7. The monoisotopic (exact) mass is 516 g/mol. The molecule has 0 aromatic rings. The molecule has 0 aromatic heterocycles. The SMILES string of the molecule is CC(=O)OC1C2CC(=O)OC2(OC(C)=O)[C@@H](O[Si](C)(C)C(C)(C)C)C[C@@H]1O[Si](C)(C)C(C)(C)C. The molecular formula is C24H44O8Si2. The Morgan fingerprint density at radius 2 is 1.41 bits per heavy atom. The number of esters is 3. The predicted molar refractivity (Wildman–Crippen MR) is 133 cm³/mol. The van der Waals surface area contributed by atoms with E-state index in [0.717, 1.165) is 0 Å². The van der Waals surface area contributed by atoms with Crippen LogP contribution in [0.3, 0.4) is 0 Å². The summed E-state index contributed by atoms with van der Waals surface area (Å²) in [6.07, 6.45) is -1.86. The first-order valence-corrected chi connectivity index (χ1v) is 17.9. The summed E-state index contributed by atoms with van der Waals surface area (Å²) in [6, 6.07) is 0. The number of fused-ring (bicyclic) bond motifs is 1. The molecule has 1 aliphatic carbocycles. The largest absolute Gasteiger partial charge is 0.459 e. The highest BCUT2D eigenvalue weighted by molar-refractivity contribution is 6.74. The Morgan fingerprint density at radius 1 is 0.912 bits per heavy atom. The number of hydrogen-bond donors (Lipinski definition) is 0. The Bertz CT molecular complexity index is 811. The average molecular weight is 517 g/mol. The Kier molecular flexibility index (Phi) is 7.96. The molecule has 2 rings (SSSR count). The number of rotatable bonds is 6. The van der Waals surface area contributed by atoms with Gasteiger partial charge in [0.1, 0.15) is 12.2 Å². The molecule has 1 saturated carbocycles. The zero-order valence-corrected chi connectivity index (χ0v) is 25.0. The first-order valence-electron chi connectivity index (χ1n) is 12.1. The lowest BCUT2D eigenvalue weighted by Gasteiger charge is -2.52. The van der Waals surface area contributed by atoms with Crippen LogP contribution < -0.4 is 0 Å². The van der Waals surface area contributed by atoms with Gasteiger partial charge in [-0.1, -0.05) is 41.5 Å². The molecule has 196 valence electrons. The van der Waals surface area contributed by atoms with Gasteiger partial charge in [0, 0.05) is 20.3 Å². The zero-order chi connectivity index (χ0) is 26.5. The normalized spacial score (nSPS) is 30.4. The van der Waals surface area contributed by atoms with E-state index in [-0.39, 0.29) is 22.9 Å². The minimum atomic E-state index is -2.39. The van der Waals surface area contributed by atoms with Crippen LogP contribution in [0.4, 0.5) is 0 Å². The van der Waals surface area contributed by atoms with Gasteiger partial charge in [0.15, 0.2) is 16.6 Å². The maximum Gasteiger partial charge on any atom is 0.309 e. The molecule has 1 heterocycles. The third-order valence-corrected chi connectivity index (χ3v) is 16.9. The summed E-state index contributed by atoms with van der Waals surface area (Å²) in [4.78, 5) is 37.0. The van der Waals surface area contributed by atoms with E-state index in [1.54, 1.807) is 0 Å². The van der Waals surface area contributed by atoms with E-state index in [0.29, 0.717) is 0 Å². The molecule has 2 fully saturated rings. The van der Waals surface area contributed by atoms with Crippen LogP contribution in [0.5, 0.6) is 0 Å². The lowest BCUT2D eigenvalue weighted by atomic mass is 9.77. The Hall–Kier alpha value is -1.24. The number of carbonyl (C=O) groups excluding carboxylic acids is 3. The molecule has 1 saturated heterocycles. The molecule has 0 radical (unpaired) electrons. The van der Waals surface area contributed by atoms with Crippen LogP contribution in [0, 0.1) is 5.92 Å². The van der Waals surface area contributed by atoms with Crippen molar-refractivity contribution < 1.29 is 37.4 Å². The number of carbonyl (C=O) groups is 3. The molecule has 8 nitrogen and oxygen atoms in total. The van der Waals surface area contributed by atoms with Crippen LogP contribution in [-0.4, -0.2) is 58.6 Å². The van der Waals surface area contributed by atoms with Gasteiger partial charge in [-0.05, 0) is 36.3 Å². The van der Waals surface area contributed by atoms with Crippen molar-refractivity contribution in [3.8, 4) is 0 Å². The van der Waals surface area contributed by atoms with Gasteiger partial charge in [0.05, 0.1) is 18.4 Å². The molecule has 0 amide bonds. The van der Waals surface area contributed by atoms with E-state index in [9.17, 15) is 14.4 Å². The standard InChI is InChI=1S/C24H44O8Si2/c1-15(25)28-21-17-13-20(27)30-24(17,29-16(2)26)19(32-34(11,12)23(6,7)8)14-18(21)31-33(9,10)22(3,4)5/h17-19,21H,13-14H2,1-12H3/t17?,18-,19-,21?,24?/m0/s1. The van der Waals surface area contributed by atoms with Crippen LogP contribution >= 0.6 is 0 Å². The highest BCUT2D eigenvalue weighted by Gasteiger charge is 2.68. The maximum atomic E-state index is 12.7. The molecule has 34 heavy (non-hydrogen) atoms. The molecule has 1 aliphatic heterocycles. The third-order valence-electron chi connectivity index (χ3n) is 7.94. The van der Waals surface area contributed by atoms with Crippen molar-refractivity contribution >= 4 is 34.5 Å². The fourth-order valence-electron chi connectivity index (χ4n) is 4.10. The zero-order valence-electron chi connectivity index (χ0n) is 23.0. The predicted octanol–water partition coefficient (Wildman–Crippen LogP) is 4.93. The van der Waals surface area contributed by atoms with Crippen molar-refractivity contribution in [1.82, 2.24) is 0 Å². The second kappa shape index (κ2) is 9.33. The van der Waals surface area contributed by atoms with Gasteiger partial charge in [0.25, 0.3) is 5.79 Å². The molecule has 2 aliphatic rings. The van der Waals surface area contributed by atoms with E-state index in [4.69, 9.17) is 23.1 Å². The van der Waals surface area contributed by atoms with Gasteiger partial charge < -0.3 is 23.1 Å². The van der Waals surface area contributed by atoms with Gasteiger partial charge in [-0.2, -0.15) is 0 Å². The van der Waals surface area contributed by atoms with Crippen LogP contribution in [-0.2, 0) is 37.4 Å². The summed E-state index contributed by atoms with van der Waals surface area (Å²) < 4.78 is 30.9. The molecular weight excluding hydrogens is 472 g/mol. The minimum Gasteiger partial charge on any atom is -0.459 e. The minimum absolute atomic E-state index is 0.0556. The van der Waals surface area contributed by atoms with Crippen molar-refractivity contribution in [2.24, 2.45) is 5.92 Å². The van der Waals surface area contributed by atoms with E-state index in [1.807, 2.05) is 0 Å². The number of hydrogen-bond acceptors (Lipinski definition) is 8. The molecule has 0 N–H and O–H groups in total. The van der Waals surface area contributed by atoms with Crippen molar-refractivity contribution in [3.05, 3.63) is 0 Å². The average Bonchev–Trinajstić information content (AvgIpc) is 2.92. The second-order valence-corrected chi connectivity index (χ2v) is 22.2. The molecule has 5 atom stereocenters. The molecule has 0 bridgehead atoms. The van der Waals surface area contributed by atoms with Gasteiger partial charge in [-0.3, -0.25) is 14.4 Å². The van der Waals surface area contributed by atoms with E-state index in [2.05, 4.69) is 67.7 Å². The van der Waals surface area contributed by atoms with Crippen molar-refractivity contribution in [1.29, 1.82) is 0 Å². The fourth-order valence-corrected chi connectivity index (χ4v) is 6.77. The summed E-state index contributed by atoms with van der Waals surface area (Å²) in [5.74, 6) is -3.99. The smallest absolute Gasteiger partial charge is 0.309 e. The Balaban J connectivity index is 2.63. The van der Waals surface area contributed by atoms with Crippen molar-refractivity contribution in [2.75, 3.05) is 0 Å². The highest BCUT2D eigenvalue weighted by Crippen LogP contribution is 2.52. The van der Waals surface area contributed by atoms with Crippen molar-refractivity contribution in [2.45, 2.75) is 129 Å². The molecule has 0 spiro atoms. The molecule has 10 heteroatoms. The summed E-state index contributed by atoms with van der Waals surface area (Å²) in [5, 5.41) is -0.221. The van der Waals surface area contributed by atoms with E-state index < -0.39 is 64.6 Å². The highest BCUT2D eigenvalue weighted by atomic mass is 28.4. The first kappa shape index (κ1) is 29.0. The van der Waals surface area contributed by atoms with Gasteiger partial charge in [0.2, 0.25) is 0 Å². The lowest BCUT2D eigenvalue weighted by Crippen LogP contribution is -2.66. The lowest BCUT2D eigenvalue weighted by molar-refractivity contribution is -0.291. The first-order chi connectivity index (χ1) is 15.1. The topological polar surface area (TPSA) is 97.4 Å². The number of ether oxygens (including phenoxy) is 3. The Morgan fingerprint density at radius 3 is 1.85 bits per heavy atom. The summed E-state index contributed by atoms with van der Waals surface area (Å²) >= 11 is 0. The van der Waals surface area contributed by atoms with Gasteiger partial charge >= 0.3 is 17.9 Å².